The molecule has 1 aliphatic rings. The Bertz CT molecular complexity index is 1020. The van der Waals surface area contributed by atoms with E-state index in [1.807, 2.05) is 0 Å². The molecule has 1 aliphatic carbocycles. The predicted molar refractivity (Wildman–Crippen MR) is 135 cm³/mol. The summed E-state index contributed by atoms with van der Waals surface area (Å²) in [5, 5.41) is 8.82. The Hall–Kier alpha value is -3.46. The predicted octanol–water partition coefficient (Wildman–Crippen LogP) is 4.57. The van der Waals surface area contributed by atoms with Crippen LogP contribution in [-0.4, -0.2) is 44.4 Å². The molecule has 9 heteroatoms. The minimum Gasteiger partial charge on any atom is -0.488 e. The van der Waals surface area contributed by atoms with Crippen LogP contribution in [0.5, 0.6) is 5.75 Å². The molecule has 0 unspecified atom stereocenters. The van der Waals surface area contributed by atoms with Crippen molar-refractivity contribution >= 4 is 35.1 Å². The SMILES string of the molecule is CC=Nc1ccc(OCCOC)c(F)c1CNc1ccc(NC(=O)CC(=O)NC2CCCC2)cc1. The fraction of sp³-hybridized carbons (Fsp3) is 0.423. The maximum Gasteiger partial charge on any atom is 0.233 e. The number of aliphatic imine (C=N–C) groups is 1. The first-order valence-electron chi connectivity index (χ1n) is 11.8. The van der Waals surface area contributed by atoms with Gasteiger partial charge in [-0.1, -0.05) is 12.8 Å². The van der Waals surface area contributed by atoms with E-state index in [9.17, 15) is 9.59 Å². The first kappa shape index (κ1) is 26.2. The standard InChI is InChI=1S/C26H33FN4O4/c1-3-28-22-12-13-23(35-15-14-34-2)26(27)21(22)17-29-18-8-10-20(11-9-18)31-25(33)16-24(32)30-19-6-4-5-7-19/h3,8-13,19,29H,4-7,14-17H2,1-2H3,(H,30,32)(H,31,33). The van der Waals surface area contributed by atoms with Gasteiger partial charge in [-0.15, -0.1) is 0 Å². The highest BCUT2D eigenvalue weighted by Crippen LogP contribution is 2.30. The molecule has 0 bridgehead atoms. The molecule has 2 aromatic rings. The lowest BCUT2D eigenvalue weighted by Crippen LogP contribution is -2.34. The number of halogens is 1. The van der Waals surface area contributed by atoms with Crippen molar-refractivity contribution in [2.45, 2.75) is 51.6 Å². The van der Waals surface area contributed by atoms with Gasteiger partial charge in [-0.3, -0.25) is 14.6 Å². The number of carbonyl (C=O) groups is 2. The van der Waals surface area contributed by atoms with E-state index in [1.165, 1.54) is 0 Å². The topological polar surface area (TPSA) is 101 Å². The second kappa shape index (κ2) is 13.4. The highest BCUT2D eigenvalue weighted by molar-refractivity contribution is 6.03. The maximum atomic E-state index is 15.1. The van der Waals surface area contributed by atoms with E-state index in [-0.39, 0.29) is 43.2 Å². The summed E-state index contributed by atoms with van der Waals surface area (Å²) >= 11 is 0. The molecular weight excluding hydrogens is 451 g/mol. The number of benzene rings is 2. The molecule has 2 aromatic carbocycles. The fourth-order valence-corrected chi connectivity index (χ4v) is 3.93. The van der Waals surface area contributed by atoms with Gasteiger partial charge in [0, 0.05) is 42.8 Å². The smallest absolute Gasteiger partial charge is 0.233 e. The minimum atomic E-state index is -0.475. The number of carbonyl (C=O) groups excluding carboxylic acids is 2. The molecule has 0 atom stereocenters. The number of nitrogens with one attached hydrogen (secondary N) is 3. The van der Waals surface area contributed by atoms with E-state index in [2.05, 4.69) is 20.9 Å². The Kier molecular flexibility index (Phi) is 10.0. The van der Waals surface area contributed by atoms with Crippen molar-refractivity contribution in [3.8, 4) is 5.75 Å². The lowest BCUT2D eigenvalue weighted by molar-refractivity contribution is -0.127. The second-order valence-corrected chi connectivity index (χ2v) is 8.31. The zero-order valence-electron chi connectivity index (χ0n) is 20.2. The van der Waals surface area contributed by atoms with Crippen molar-refractivity contribution in [2.24, 2.45) is 4.99 Å². The Morgan fingerprint density at radius 1 is 1.06 bits per heavy atom. The summed E-state index contributed by atoms with van der Waals surface area (Å²) in [5.74, 6) is -0.954. The van der Waals surface area contributed by atoms with Crippen molar-refractivity contribution in [3.05, 3.63) is 47.8 Å². The molecule has 3 rings (SSSR count). The first-order chi connectivity index (χ1) is 17.0. The Morgan fingerprint density at radius 2 is 1.77 bits per heavy atom. The Labute approximate surface area is 205 Å². The number of hydrogen-bond acceptors (Lipinski definition) is 6. The van der Waals surface area contributed by atoms with E-state index in [0.29, 0.717) is 23.5 Å². The summed E-state index contributed by atoms with van der Waals surface area (Å²) in [6, 6.07) is 10.4. The molecule has 1 saturated carbocycles. The van der Waals surface area contributed by atoms with Crippen molar-refractivity contribution in [1.29, 1.82) is 0 Å². The Morgan fingerprint density at radius 3 is 2.46 bits per heavy atom. The van der Waals surface area contributed by atoms with Gasteiger partial charge in [-0.2, -0.15) is 0 Å². The van der Waals surface area contributed by atoms with Gasteiger partial charge in [0.25, 0.3) is 0 Å². The quantitative estimate of drug-likeness (QED) is 0.233. The van der Waals surface area contributed by atoms with Crippen LogP contribution in [0, 0.1) is 5.82 Å². The van der Waals surface area contributed by atoms with Crippen LogP contribution < -0.4 is 20.7 Å². The van der Waals surface area contributed by atoms with Gasteiger partial charge in [0.15, 0.2) is 11.6 Å². The number of amides is 2. The van der Waals surface area contributed by atoms with Gasteiger partial charge in [0.05, 0.1) is 12.3 Å². The van der Waals surface area contributed by atoms with Gasteiger partial charge < -0.3 is 25.4 Å². The van der Waals surface area contributed by atoms with Crippen molar-refractivity contribution in [2.75, 3.05) is 31.0 Å². The van der Waals surface area contributed by atoms with Gasteiger partial charge >= 0.3 is 0 Å². The van der Waals surface area contributed by atoms with Crippen LogP contribution in [0.15, 0.2) is 41.4 Å². The molecule has 0 aromatic heterocycles. The van der Waals surface area contributed by atoms with Crippen LogP contribution in [0.1, 0.15) is 44.6 Å². The van der Waals surface area contributed by atoms with Crippen LogP contribution >= 0.6 is 0 Å². The normalized spacial score (nSPS) is 13.7. The number of anilines is 2. The van der Waals surface area contributed by atoms with Crippen LogP contribution in [0.25, 0.3) is 0 Å². The molecular formula is C26H33FN4O4. The fourth-order valence-electron chi connectivity index (χ4n) is 3.93. The molecule has 0 spiro atoms. The van der Waals surface area contributed by atoms with E-state index >= 15 is 4.39 Å². The zero-order valence-corrected chi connectivity index (χ0v) is 20.2. The molecule has 0 saturated heterocycles. The highest BCUT2D eigenvalue weighted by Gasteiger charge is 2.19. The second-order valence-electron chi connectivity index (χ2n) is 8.31. The lowest BCUT2D eigenvalue weighted by Gasteiger charge is -2.14. The highest BCUT2D eigenvalue weighted by atomic mass is 19.1. The monoisotopic (exact) mass is 484 g/mol. The lowest BCUT2D eigenvalue weighted by atomic mass is 10.1. The van der Waals surface area contributed by atoms with Gasteiger partial charge in [-0.05, 0) is 56.2 Å². The van der Waals surface area contributed by atoms with Crippen molar-refractivity contribution in [3.63, 3.8) is 0 Å². The summed E-state index contributed by atoms with van der Waals surface area (Å²) in [5.41, 5.74) is 2.20. The van der Waals surface area contributed by atoms with E-state index in [4.69, 9.17) is 9.47 Å². The van der Waals surface area contributed by atoms with Gasteiger partial charge in [0.1, 0.15) is 13.0 Å². The van der Waals surface area contributed by atoms with Gasteiger partial charge in [0.2, 0.25) is 11.8 Å². The molecule has 188 valence electrons. The van der Waals surface area contributed by atoms with Gasteiger partial charge in [-0.25, -0.2) is 4.39 Å². The molecule has 2 amide bonds. The van der Waals surface area contributed by atoms with Crippen LogP contribution in [0.2, 0.25) is 0 Å². The number of ether oxygens (including phenoxy) is 2. The van der Waals surface area contributed by atoms with Crippen molar-refractivity contribution < 1.29 is 23.5 Å². The Balaban J connectivity index is 1.56. The third-order valence-corrected chi connectivity index (χ3v) is 5.68. The van der Waals surface area contributed by atoms with E-state index < -0.39 is 5.82 Å². The molecule has 3 N–H and O–H groups in total. The molecule has 0 aliphatic heterocycles. The zero-order chi connectivity index (χ0) is 25.0. The molecule has 0 heterocycles. The molecule has 1 fully saturated rings. The molecule has 8 nitrogen and oxygen atoms in total. The minimum absolute atomic E-state index is 0.143. The summed E-state index contributed by atoms with van der Waals surface area (Å²) in [7, 11) is 1.55. The van der Waals surface area contributed by atoms with Crippen molar-refractivity contribution in [1.82, 2.24) is 5.32 Å². The average Bonchev–Trinajstić information content (AvgIpc) is 3.34. The number of methoxy groups -OCH3 is 1. The molecule has 0 radical (unpaired) electrons. The van der Waals surface area contributed by atoms with Crippen LogP contribution in [0.3, 0.4) is 0 Å². The summed E-state index contributed by atoms with van der Waals surface area (Å²) < 4.78 is 25.5. The number of rotatable bonds is 12. The van der Waals surface area contributed by atoms with E-state index in [1.54, 1.807) is 56.6 Å². The largest absolute Gasteiger partial charge is 0.488 e. The summed E-state index contributed by atoms with van der Waals surface area (Å²) in [4.78, 5) is 28.5. The maximum absolute atomic E-state index is 15.1. The molecule has 35 heavy (non-hydrogen) atoms. The van der Waals surface area contributed by atoms with Crippen LogP contribution in [0.4, 0.5) is 21.5 Å². The third-order valence-electron chi connectivity index (χ3n) is 5.68. The first-order valence-corrected chi connectivity index (χ1v) is 11.8. The number of hydrogen-bond donors (Lipinski definition) is 3. The average molecular weight is 485 g/mol. The third kappa shape index (κ3) is 8.06. The summed E-state index contributed by atoms with van der Waals surface area (Å²) in [6.07, 6.45) is 5.58. The van der Waals surface area contributed by atoms with E-state index in [0.717, 1.165) is 31.4 Å². The van der Waals surface area contributed by atoms with Crippen LogP contribution in [-0.2, 0) is 20.9 Å². The summed E-state index contributed by atoms with van der Waals surface area (Å²) in [6.45, 7) is 2.55. The number of nitrogens with zero attached hydrogens (tertiary/aromatic N) is 1.